The summed E-state index contributed by atoms with van der Waals surface area (Å²) in [6, 6.07) is 17.2. The van der Waals surface area contributed by atoms with E-state index in [1.54, 1.807) is 20.1 Å². The Hall–Kier alpha value is -3.47. The fraction of sp³-hybridized carbons (Fsp3) is 0.174. The normalized spacial score (nSPS) is 11.1. The average Bonchev–Trinajstić information content (AvgIpc) is 3.02. The van der Waals surface area contributed by atoms with Crippen LogP contribution in [0.4, 0.5) is 0 Å². The number of aryl methyl sites for hydroxylation is 1. The molecule has 0 spiro atoms. The number of para-hydroxylation sites is 1. The number of methoxy groups -OCH3 is 1. The average molecular weight is 375 g/mol. The highest BCUT2D eigenvalue weighted by Crippen LogP contribution is 2.42. The van der Waals surface area contributed by atoms with E-state index in [0.29, 0.717) is 5.39 Å². The predicted molar refractivity (Wildman–Crippen MR) is 110 cm³/mol. The molecular weight excluding hydrogens is 354 g/mol. The number of benzene rings is 3. The molecule has 1 aromatic heterocycles. The van der Waals surface area contributed by atoms with E-state index < -0.39 is 5.97 Å². The third-order valence-corrected chi connectivity index (χ3v) is 5.04. The summed E-state index contributed by atoms with van der Waals surface area (Å²) in [4.78, 5) is 12.5. The lowest BCUT2D eigenvalue weighted by Crippen LogP contribution is -2.06. The first-order chi connectivity index (χ1) is 13.6. The second-order valence-corrected chi connectivity index (χ2v) is 6.57. The first kappa shape index (κ1) is 17.9. The second kappa shape index (κ2) is 6.93. The summed E-state index contributed by atoms with van der Waals surface area (Å²) in [7, 11) is 3.58. The van der Waals surface area contributed by atoms with Gasteiger partial charge in [0.1, 0.15) is 17.1 Å². The molecule has 0 atom stereocenters. The third kappa shape index (κ3) is 2.67. The predicted octanol–water partition coefficient (Wildman–Crippen LogP) is 4.89. The van der Waals surface area contributed by atoms with Crippen LogP contribution in [0.3, 0.4) is 0 Å². The highest BCUT2D eigenvalue weighted by Gasteiger charge is 2.23. The number of rotatable bonds is 4. The van der Waals surface area contributed by atoms with Gasteiger partial charge in [0.2, 0.25) is 0 Å². The van der Waals surface area contributed by atoms with Crippen molar-refractivity contribution in [2.75, 3.05) is 13.7 Å². The van der Waals surface area contributed by atoms with Gasteiger partial charge in [0.25, 0.3) is 0 Å². The van der Waals surface area contributed by atoms with Crippen molar-refractivity contribution in [2.45, 2.75) is 6.92 Å². The standard InChI is InChI=1S/C23H21NO4/c1-4-28-23(26)18-13-17(14-9-11-15(27-3)12-10-14)21-20(22(18)25)16-7-5-6-8-19(16)24(21)2/h5-13,25H,4H2,1-3H3. The van der Waals surface area contributed by atoms with Crippen LogP contribution in [0.5, 0.6) is 11.5 Å². The van der Waals surface area contributed by atoms with Gasteiger partial charge in [0, 0.05) is 23.5 Å². The van der Waals surface area contributed by atoms with Gasteiger partial charge in [-0.1, -0.05) is 30.3 Å². The maximum Gasteiger partial charge on any atom is 0.341 e. The molecule has 5 heteroatoms. The molecule has 0 saturated heterocycles. The number of aromatic hydroxyl groups is 1. The van der Waals surface area contributed by atoms with Crippen molar-refractivity contribution in [3.63, 3.8) is 0 Å². The molecule has 4 aromatic rings. The zero-order valence-electron chi connectivity index (χ0n) is 16.0. The highest BCUT2D eigenvalue weighted by molar-refractivity contribution is 6.18. The third-order valence-electron chi connectivity index (χ3n) is 5.04. The van der Waals surface area contributed by atoms with Gasteiger partial charge in [-0.2, -0.15) is 0 Å². The van der Waals surface area contributed by atoms with Crippen molar-refractivity contribution in [3.8, 4) is 22.6 Å². The van der Waals surface area contributed by atoms with Crippen LogP contribution >= 0.6 is 0 Å². The minimum Gasteiger partial charge on any atom is -0.506 e. The van der Waals surface area contributed by atoms with Crippen LogP contribution in [0.15, 0.2) is 54.6 Å². The molecule has 0 saturated carbocycles. The smallest absolute Gasteiger partial charge is 0.341 e. The van der Waals surface area contributed by atoms with Crippen molar-refractivity contribution in [3.05, 3.63) is 60.2 Å². The van der Waals surface area contributed by atoms with Gasteiger partial charge in [-0.3, -0.25) is 0 Å². The summed E-state index contributed by atoms with van der Waals surface area (Å²) in [5.41, 5.74) is 3.76. The SMILES string of the molecule is CCOC(=O)c1cc(-c2ccc(OC)cc2)c2c(c1O)c1ccccc1n2C. The van der Waals surface area contributed by atoms with Crippen molar-refractivity contribution < 1.29 is 19.4 Å². The first-order valence-electron chi connectivity index (χ1n) is 9.11. The molecule has 0 aliphatic rings. The molecule has 4 rings (SSSR count). The number of carbonyl (C=O) groups is 1. The Kier molecular flexibility index (Phi) is 4.43. The summed E-state index contributed by atoms with van der Waals surface area (Å²) in [5.74, 6) is 0.161. The number of carbonyl (C=O) groups excluding carboxylic acids is 1. The number of nitrogens with zero attached hydrogens (tertiary/aromatic N) is 1. The molecule has 1 N–H and O–H groups in total. The fourth-order valence-corrected chi connectivity index (χ4v) is 3.72. The van der Waals surface area contributed by atoms with E-state index in [-0.39, 0.29) is 17.9 Å². The van der Waals surface area contributed by atoms with Gasteiger partial charge >= 0.3 is 5.97 Å². The van der Waals surface area contributed by atoms with Crippen LogP contribution in [0.1, 0.15) is 17.3 Å². The van der Waals surface area contributed by atoms with E-state index in [2.05, 4.69) is 0 Å². The molecule has 1 heterocycles. The Morgan fingerprint density at radius 3 is 2.50 bits per heavy atom. The number of fused-ring (bicyclic) bond motifs is 3. The molecule has 142 valence electrons. The molecule has 0 aliphatic carbocycles. The lowest BCUT2D eigenvalue weighted by Gasteiger charge is -2.12. The van der Waals surface area contributed by atoms with Gasteiger partial charge in [-0.25, -0.2) is 4.79 Å². The number of aromatic nitrogens is 1. The minimum atomic E-state index is -0.537. The number of hydrogen-bond donors (Lipinski definition) is 1. The monoisotopic (exact) mass is 375 g/mol. The molecule has 0 aliphatic heterocycles. The van der Waals surface area contributed by atoms with Crippen LogP contribution in [0.25, 0.3) is 32.9 Å². The minimum absolute atomic E-state index is 0.0532. The molecule has 0 amide bonds. The molecule has 0 radical (unpaired) electrons. The number of phenolic OH excluding ortho intramolecular Hbond substituents is 1. The number of phenols is 1. The van der Waals surface area contributed by atoms with Crippen molar-refractivity contribution in [2.24, 2.45) is 7.05 Å². The Morgan fingerprint density at radius 2 is 1.82 bits per heavy atom. The Bertz CT molecular complexity index is 1190. The maximum atomic E-state index is 12.5. The molecular formula is C23H21NO4. The summed E-state index contributed by atoms with van der Waals surface area (Å²) < 4.78 is 12.5. The largest absolute Gasteiger partial charge is 0.506 e. The van der Waals surface area contributed by atoms with Gasteiger partial charge in [0.15, 0.2) is 0 Å². The van der Waals surface area contributed by atoms with Crippen LogP contribution in [-0.2, 0) is 11.8 Å². The lowest BCUT2D eigenvalue weighted by molar-refractivity contribution is 0.0523. The zero-order valence-corrected chi connectivity index (χ0v) is 16.0. The highest BCUT2D eigenvalue weighted by atomic mass is 16.5. The molecule has 0 bridgehead atoms. The van der Waals surface area contributed by atoms with Gasteiger partial charge in [-0.15, -0.1) is 0 Å². The number of esters is 1. The summed E-state index contributed by atoms with van der Waals surface area (Å²) >= 11 is 0. The van der Waals surface area contributed by atoms with E-state index in [4.69, 9.17) is 9.47 Å². The van der Waals surface area contributed by atoms with E-state index in [0.717, 1.165) is 33.3 Å². The summed E-state index contributed by atoms with van der Waals surface area (Å²) in [5, 5.41) is 12.5. The van der Waals surface area contributed by atoms with Crippen molar-refractivity contribution in [1.82, 2.24) is 4.57 Å². The topological polar surface area (TPSA) is 60.7 Å². The molecule has 3 aromatic carbocycles. The first-order valence-corrected chi connectivity index (χ1v) is 9.11. The summed E-state index contributed by atoms with van der Waals surface area (Å²) in [6.07, 6.45) is 0. The molecule has 5 nitrogen and oxygen atoms in total. The number of ether oxygens (including phenoxy) is 2. The van der Waals surface area contributed by atoms with Crippen molar-refractivity contribution in [1.29, 1.82) is 0 Å². The Balaban J connectivity index is 2.12. The Labute approximate surface area is 162 Å². The van der Waals surface area contributed by atoms with E-state index in [1.165, 1.54) is 0 Å². The van der Waals surface area contributed by atoms with Crippen LogP contribution in [-0.4, -0.2) is 29.4 Å². The summed E-state index contributed by atoms with van der Waals surface area (Å²) in [6.45, 7) is 1.99. The van der Waals surface area contributed by atoms with E-state index >= 15 is 0 Å². The maximum absolute atomic E-state index is 12.5. The van der Waals surface area contributed by atoms with Crippen LogP contribution in [0.2, 0.25) is 0 Å². The quantitative estimate of drug-likeness (QED) is 0.516. The molecule has 0 fully saturated rings. The number of hydrogen-bond acceptors (Lipinski definition) is 4. The van der Waals surface area contributed by atoms with Crippen molar-refractivity contribution >= 4 is 27.8 Å². The van der Waals surface area contributed by atoms with Crippen LogP contribution < -0.4 is 4.74 Å². The lowest BCUT2D eigenvalue weighted by atomic mass is 9.97. The fourth-order valence-electron chi connectivity index (χ4n) is 3.72. The van der Waals surface area contributed by atoms with E-state index in [1.807, 2.05) is 60.1 Å². The van der Waals surface area contributed by atoms with Gasteiger partial charge in [0.05, 0.1) is 24.6 Å². The molecule has 0 unspecified atom stereocenters. The Morgan fingerprint density at radius 1 is 1.11 bits per heavy atom. The van der Waals surface area contributed by atoms with Crippen LogP contribution in [0, 0.1) is 0 Å². The second-order valence-electron chi connectivity index (χ2n) is 6.57. The van der Waals surface area contributed by atoms with Gasteiger partial charge < -0.3 is 19.1 Å². The zero-order chi connectivity index (χ0) is 19.8. The molecule has 28 heavy (non-hydrogen) atoms. The van der Waals surface area contributed by atoms with E-state index in [9.17, 15) is 9.90 Å². The van der Waals surface area contributed by atoms with Gasteiger partial charge in [-0.05, 0) is 36.8 Å².